The van der Waals surface area contributed by atoms with E-state index in [4.69, 9.17) is 5.10 Å². The Balaban J connectivity index is 1.39. The van der Waals surface area contributed by atoms with Crippen molar-refractivity contribution in [2.45, 2.75) is 0 Å². The summed E-state index contributed by atoms with van der Waals surface area (Å²) in [6.45, 7) is 4.10. The molecule has 8 nitrogen and oxygen atoms in total. The Hall–Kier alpha value is -3.78. The van der Waals surface area contributed by atoms with E-state index in [0.717, 1.165) is 71.1 Å². The van der Waals surface area contributed by atoms with E-state index in [0.29, 0.717) is 0 Å². The number of H-pyrrole nitrogens is 1. The molecule has 0 bridgehead atoms. The minimum absolute atomic E-state index is 0.829. The lowest BCUT2D eigenvalue weighted by Gasteiger charge is -2.33. The molecule has 0 spiro atoms. The molecule has 8 heteroatoms. The van der Waals surface area contributed by atoms with Crippen molar-refractivity contribution >= 4 is 22.5 Å². The zero-order valence-corrected chi connectivity index (χ0v) is 17.2. The molecule has 0 amide bonds. The molecule has 1 aliphatic rings. The molecule has 0 aliphatic carbocycles. The Morgan fingerprint density at radius 1 is 0.903 bits per heavy atom. The maximum Gasteiger partial charge on any atom is 0.153 e. The summed E-state index contributed by atoms with van der Waals surface area (Å²) in [7, 11) is 2.16. The van der Waals surface area contributed by atoms with Crippen LogP contribution in [0.3, 0.4) is 0 Å². The van der Waals surface area contributed by atoms with Gasteiger partial charge >= 0.3 is 0 Å². The number of nitrogens with zero attached hydrogens (tertiary/aromatic N) is 7. The molecule has 0 unspecified atom stereocenters. The molecule has 0 atom stereocenters. The van der Waals surface area contributed by atoms with Crippen LogP contribution in [0.5, 0.6) is 0 Å². The van der Waals surface area contributed by atoms with Crippen molar-refractivity contribution < 1.29 is 0 Å². The molecule has 1 N–H and O–H groups in total. The summed E-state index contributed by atoms with van der Waals surface area (Å²) in [5, 5.41) is 5.74. The van der Waals surface area contributed by atoms with Crippen molar-refractivity contribution in [2.75, 3.05) is 38.1 Å². The summed E-state index contributed by atoms with van der Waals surface area (Å²) in [6, 6.07) is 10.4. The summed E-state index contributed by atoms with van der Waals surface area (Å²) in [4.78, 5) is 21.5. The van der Waals surface area contributed by atoms with Crippen LogP contribution in [0, 0.1) is 0 Å². The maximum atomic E-state index is 4.70. The van der Waals surface area contributed by atoms with Crippen molar-refractivity contribution in [3.05, 3.63) is 61.3 Å². The fourth-order valence-corrected chi connectivity index (χ4v) is 4.14. The summed E-state index contributed by atoms with van der Waals surface area (Å²) in [6.07, 6.45) is 9.38. The van der Waals surface area contributed by atoms with E-state index < -0.39 is 0 Å². The number of aromatic amines is 1. The molecular formula is C23H22N8. The highest BCUT2D eigenvalue weighted by Crippen LogP contribution is 2.31. The second-order valence-electron chi connectivity index (χ2n) is 7.96. The van der Waals surface area contributed by atoms with Crippen LogP contribution >= 0.6 is 0 Å². The topological polar surface area (TPSA) is 78.2 Å². The zero-order chi connectivity index (χ0) is 20.8. The number of anilines is 1. The van der Waals surface area contributed by atoms with Gasteiger partial charge in [0.05, 0.1) is 5.69 Å². The van der Waals surface area contributed by atoms with Crippen LogP contribution in [0.4, 0.5) is 5.82 Å². The lowest BCUT2D eigenvalue weighted by Crippen LogP contribution is -2.44. The fourth-order valence-electron chi connectivity index (χ4n) is 4.14. The third kappa shape index (κ3) is 3.21. The second kappa shape index (κ2) is 7.17. The Kier molecular flexibility index (Phi) is 4.17. The minimum Gasteiger partial charge on any atom is -0.354 e. The molecule has 5 aromatic rings. The molecule has 1 saturated heterocycles. The van der Waals surface area contributed by atoms with Gasteiger partial charge in [-0.1, -0.05) is 0 Å². The van der Waals surface area contributed by atoms with Gasteiger partial charge in [0.15, 0.2) is 5.65 Å². The van der Waals surface area contributed by atoms with Gasteiger partial charge in [-0.15, -0.1) is 0 Å². The lowest BCUT2D eigenvalue weighted by molar-refractivity contribution is 0.312. The number of aromatic nitrogens is 6. The van der Waals surface area contributed by atoms with Crippen LogP contribution < -0.4 is 4.90 Å². The molecule has 154 valence electrons. The minimum atomic E-state index is 0.829. The maximum absolute atomic E-state index is 4.70. The van der Waals surface area contributed by atoms with Gasteiger partial charge in [0.1, 0.15) is 11.5 Å². The monoisotopic (exact) mass is 410 g/mol. The molecular weight excluding hydrogens is 388 g/mol. The Morgan fingerprint density at radius 2 is 1.81 bits per heavy atom. The number of likely N-dealkylation sites (N-methyl/N-ethyl adjacent to an activating group) is 1. The first kappa shape index (κ1) is 18.0. The van der Waals surface area contributed by atoms with Crippen LogP contribution in [0.15, 0.2) is 61.3 Å². The van der Waals surface area contributed by atoms with Crippen LogP contribution in [0.2, 0.25) is 0 Å². The van der Waals surface area contributed by atoms with Crippen molar-refractivity contribution in [2.24, 2.45) is 0 Å². The highest BCUT2D eigenvalue weighted by Gasteiger charge is 2.16. The first-order valence-electron chi connectivity index (χ1n) is 10.4. The van der Waals surface area contributed by atoms with E-state index in [1.807, 2.05) is 43.0 Å². The Bertz CT molecular complexity index is 1380. The summed E-state index contributed by atoms with van der Waals surface area (Å²) in [5.41, 5.74) is 5.76. The third-order valence-electron chi connectivity index (χ3n) is 5.97. The smallest absolute Gasteiger partial charge is 0.153 e. The number of fused-ring (bicyclic) bond motifs is 2. The van der Waals surface area contributed by atoms with Gasteiger partial charge in [-0.2, -0.15) is 5.10 Å². The van der Waals surface area contributed by atoms with Gasteiger partial charge in [0.25, 0.3) is 0 Å². The number of nitrogens with one attached hydrogen (secondary N) is 1. The molecule has 31 heavy (non-hydrogen) atoms. The largest absolute Gasteiger partial charge is 0.354 e. The first-order chi connectivity index (χ1) is 15.2. The van der Waals surface area contributed by atoms with Gasteiger partial charge in [-0.05, 0) is 42.9 Å². The lowest BCUT2D eigenvalue weighted by atomic mass is 10.1. The average Bonchev–Trinajstić information content (AvgIpc) is 3.45. The van der Waals surface area contributed by atoms with E-state index in [2.05, 4.69) is 48.9 Å². The zero-order valence-electron chi connectivity index (χ0n) is 17.2. The van der Waals surface area contributed by atoms with E-state index in [1.54, 1.807) is 10.7 Å². The summed E-state index contributed by atoms with van der Waals surface area (Å²) >= 11 is 0. The predicted molar refractivity (Wildman–Crippen MR) is 121 cm³/mol. The van der Waals surface area contributed by atoms with Crippen LogP contribution in [-0.2, 0) is 0 Å². The van der Waals surface area contributed by atoms with E-state index in [1.165, 1.54) is 0 Å². The number of hydrogen-bond donors (Lipinski definition) is 1. The number of hydrogen-bond acceptors (Lipinski definition) is 6. The molecule has 0 saturated carbocycles. The molecule has 5 aromatic heterocycles. The second-order valence-corrected chi connectivity index (χ2v) is 7.96. The van der Waals surface area contributed by atoms with Gasteiger partial charge in [-0.25, -0.2) is 19.5 Å². The Labute approximate surface area is 179 Å². The van der Waals surface area contributed by atoms with Gasteiger partial charge < -0.3 is 14.8 Å². The molecule has 0 radical (unpaired) electrons. The molecule has 0 aromatic carbocycles. The number of rotatable bonds is 3. The summed E-state index contributed by atoms with van der Waals surface area (Å²) < 4.78 is 1.79. The quantitative estimate of drug-likeness (QED) is 0.493. The van der Waals surface area contributed by atoms with Crippen LogP contribution in [0.25, 0.3) is 39.1 Å². The van der Waals surface area contributed by atoms with Gasteiger partial charge in [0.2, 0.25) is 0 Å². The van der Waals surface area contributed by atoms with Crippen molar-refractivity contribution in [3.63, 3.8) is 0 Å². The van der Waals surface area contributed by atoms with Crippen molar-refractivity contribution in [1.82, 2.24) is 34.4 Å². The molecule has 1 aliphatic heterocycles. The van der Waals surface area contributed by atoms with Crippen molar-refractivity contribution in [3.8, 4) is 22.4 Å². The van der Waals surface area contributed by atoms with E-state index in [-0.39, 0.29) is 0 Å². The molecule has 6 rings (SSSR count). The number of imidazole rings is 1. The molecule has 1 fully saturated rings. The van der Waals surface area contributed by atoms with Gasteiger partial charge in [-0.3, -0.25) is 0 Å². The predicted octanol–water partition coefficient (Wildman–Crippen LogP) is 3.09. The normalized spacial score (nSPS) is 15.2. The van der Waals surface area contributed by atoms with Crippen LogP contribution in [-0.4, -0.2) is 67.7 Å². The SMILES string of the molecule is CN1CCN(c2cc(-c3cnc4[nH]cc(-c5ccc6nccn6n5)c4c3)ccn2)CC1. The number of pyridine rings is 2. The Morgan fingerprint density at radius 3 is 2.71 bits per heavy atom. The highest BCUT2D eigenvalue weighted by atomic mass is 15.3. The highest BCUT2D eigenvalue weighted by molar-refractivity contribution is 5.95. The van der Waals surface area contributed by atoms with E-state index in [9.17, 15) is 0 Å². The first-order valence-corrected chi connectivity index (χ1v) is 10.4. The summed E-state index contributed by atoms with van der Waals surface area (Å²) in [5.74, 6) is 1.02. The third-order valence-corrected chi connectivity index (χ3v) is 5.97. The number of piperazine rings is 1. The average molecular weight is 410 g/mol. The van der Waals surface area contributed by atoms with E-state index >= 15 is 0 Å². The fraction of sp³-hybridized carbons (Fsp3) is 0.217. The van der Waals surface area contributed by atoms with Gasteiger partial charge in [0, 0.05) is 73.7 Å². The standard InChI is InChI=1S/C23H22N8/c1-29-8-10-30(11-9-29)22-13-16(4-5-24-22)17-12-18-19(15-27-23(18)26-14-17)20-2-3-21-25-6-7-31(21)28-20/h2-7,12-15H,8-11H2,1H3,(H,26,27). The van der Waals surface area contributed by atoms with Crippen LogP contribution in [0.1, 0.15) is 0 Å². The molecule has 6 heterocycles. The van der Waals surface area contributed by atoms with Crippen molar-refractivity contribution in [1.29, 1.82) is 0 Å².